The summed E-state index contributed by atoms with van der Waals surface area (Å²) < 4.78 is 1.14. The molecule has 3 heteroatoms. The average Bonchev–Trinajstić information content (AvgIpc) is 2.18. The number of aliphatic hydroxyl groups is 1. The van der Waals surface area contributed by atoms with E-state index >= 15 is 0 Å². The minimum atomic E-state index is 0.310. The Morgan fingerprint density at radius 2 is 2.14 bits per heavy atom. The fourth-order valence-corrected chi connectivity index (χ4v) is 1.78. The Morgan fingerprint density at radius 1 is 1.29 bits per heavy atom. The molecular formula is C11H17BrNO+. The van der Waals surface area contributed by atoms with Crippen molar-refractivity contribution in [1.82, 2.24) is 0 Å². The minimum absolute atomic E-state index is 0.310. The number of halogens is 1. The Balaban J connectivity index is 2.18. The van der Waals surface area contributed by atoms with Gasteiger partial charge in [-0.05, 0) is 25.0 Å². The Bertz CT molecular complexity index is 265. The molecule has 0 aliphatic rings. The molecule has 0 atom stereocenters. The summed E-state index contributed by atoms with van der Waals surface area (Å²) in [5, 5.41) is 10.9. The van der Waals surface area contributed by atoms with Gasteiger partial charge in [-0.3, -0.25) is 0 Å². The highest BCUT2D eigenvalue weighted by Gasteiger charge is 1.96. The van der Waals surface area contributed by atoms with E-state index in [1.807, 2.05) is 6.07 Å². The summed E-state index contributed by atoms with van der Waals surface area (Å²) in [6.45, 7) is 2.42. The first-order valence-electron chi connectivity index (χ1n) is 5.00. The second kappa shape index (κ2) is 6.98. The van der Waals surface area contributed by atoms with Crippen LogP contribution in [0.15, 0.2) is 28.7 Å². The van der Waals surface area contributed by atoms with Gasteiger partial charge in [-0.25, -0.2) is 0 Å². The smallest absolute Gasteiger partial charge is 0.101 e. The van der Waals surface area contributed by atoms with Crippen molar-refractivity contribution in [1.29, 1.82) is 0 Å². The van der Waals surface area contributed by atoms with Crippen LogP contribution in [0, 0.1) is 0 Å². The van der Waals surface area contributed by atoms with Gasteiger partial charge in [0.25, 0.3) is 0 Å². The molecule has 0 radical (unpaired) electrons. The predicted molar refractivity (Wildman–Crippen MR) is 61.0 cm³/mol. The van der Waals surface area contributed by atoms with Crippen molar-refractivity contribution in [2.75, 3.05) is 13.2 Å². The van der Waals surface area contributed by atoms with Crippen LogP contribution in [0.1, 0.15) is 18.4 Å². The van der Waals surface area contributed by atoms with Crippen LogP contribution in [0.2, 0.25) is 0 Å². The van der Waals surface area contributed by atoms with Crippen molar-refractivity contribution in [2.45, 2.75) is 19.4 Å². The normalized spacial score (nSPS) is 10.4. The van der Waals surface area contributed by atoms with E-state index in [4.69, 9.17) is 5.11 Å². The van der Waals surface area contributed by atoms with Crippen LogP contribution in [0.4, 0.5) is 0 Å². The zero-order chi connectivity index (χ0) is 10.2. The molecule has 0 unspecified atom stereocenters. The van der Waals surface area contributed by atoms with Gasteiger partial charge in [0.05, 0.1) is 6.54 Å². The van der Waals surface area contributed by atoms with Crippen LogP contribution in [0.5, 0.6) is 0 Å². The topological polar surface area (TPSA) is 36.8 Å². The fraction of sp³-hybridized carbons (Fsp3) is 0.455. The molecule has 0 heterocycles. The maximum absolute atomic E-state index is 8.60. The van der Waals surface area contributed by atoms with Gasteiger partial charge >= 0.3 is 0 Å². The van der Waals surface area contributed by atoms with E-state index in [1.165, 1.54) is 5.56 Å². The SMILES string of the molecule is OCCCC[NH2+]Cc1cccc(Br)c1. The molecule has 0 fully saturated rings. The average molecular weight is 259 g/mol. The number of rotatable bonds is 6. The third kappa shape index (κ3) is 4.74. The molecular weight excluding hydrogens is 242 g/mol. The van der Waals surface area contributed by atoms with E-state index < -0.39 is 0 Å². The quantitative estimate of drug-likeness (QED) is 0.742. The van der Waals surface area contributed by atoms with Gasteiger partial charge in [0.2, 0.25) is 0 Å². The number of unbranched alkanes of at least 4 members (excludes halogenated alkanes) is 1. The first kappa shape index (κ1) is 11.7. The fourth-order valence-electron chi connectivity index (χ4n) is 1.33. The minimum Gasteiger partial charge on any atom is -0.396 e. The summed E-state index contributed by atoms with van der Waals surface area (Å²) in [5.74, 6) is 0. The molecule has 1 aromatic rings. The highest BCUT2D eigenvalue weighted by atomic mass is 79.9. The van der Waals surface area contributed by atoms with Gasteiger partial charge in [0.15, 0.2) is 0 Å². The molecule has 0 aliphatic heterocycles. The molecule has 3 N–H and O–H groups in total. The third-order valence-corrected chi connectivity index (χ3v) is 2.58. The summed E-state index contributed by atoms with van der Waals surface area (Å²) in [5.41, 5.74) is 1.34. The van der Waals surface area contributed by atoms with Crippen molar-refractivity contribution in [3.63, 3.8) is 0 Å². The van der Waals surface area contributed by atoms with Crippen LogP contribution in [0.3, 0.4) is 0 Å². The number of hydrogen-bond acceptors (Lipinski definition) is 1. The van der Waals surface area contributed by atoms with E-state index in [1.54, 1.807) is 0 Å². The number of aliphatic hydroxyl groups excluding tert-OH is 1. The zero-order valence-corrected chi connectivity index (χ0v) is 9.83. The van der Waals surface area contributed by atoms with Gasteiger partial charge in [-0.2, -0.15) is 0 Å². The van der Waals surface area contributed by atoms with Crippen LogP contribution in [0.25, 0.3) is 0 Å². The van der Waals surface area contributed by atoms with Crippen molar-refractivity contribution in [2.24, 2.45) is 0 Å². The first-order valence-corrected chi connectivity index (χ1v) is 5.79. The molecule has 0 bridgehead atoms. The van der Waals surface area contributed by atoms with E-state index in [2.05, 4.69) is 39.4 Å². The van der Waals surface area contributed by atoms with E-state index in [9.17, 15) is 0 Å². The van der Waals surface area contributed by atoms with E-state index in [0.717, 1.165) is 30.4 Å². The Labute approximate surface area is 93.5 Å². The standard InChI is InChI=1S/C11H16BrNO/c12-11-5-3-4-10(8-11)9-13-6-1-2-7-14/h3-5,8,13-14H,1-2,6-7,9H2/p+1. The highest BCUT2D eigenvalue weighted by Crippen LogP contribution is 2.10. The predicted octanol–water partition coefficient (Wildman–Crippen LogP) is 1.29. The van der Waals surface area contributed by atoms with E-state index in [-0.39, 0.29) is 0 Å². The molecule has 0 saturated heterocycles. The van der Waals surface area contributed by atoms with Gasteiger partial charge in [0.1, 0.15) is 6.54 Å². The lowest BCUT2D eigenvalue weighted by Crippen LogP contribution is -2.82. The van der Waals surface area contributed by atoms with E-state index in [0.29, 0.717) is 6.61 Å². The van der Waals surface area contributed by atoms with Crippen LogP contribution in [-0.2, 0) is 6.54 Å². The Morgan fingerprint density at radius 3 is 2.86 bits per heavy atom. The maximum atomic E-state index is 8.60. The maximum Gasteiger partial charge on any atom is 0.101 e. The second-order valence-electron chi connectivity index (χ2n) is 3.34. The molecule has 0 aromatic heterocycles. The monoisotopic (exact) mass is 258 g/mol. The van der Waals surface area contributed by atoms with Crippen LogP contribution < -0.4 is 5.32 Å². The summed E-state index contributed by atoms with van der Waals surface area (Å²) >= 11 is 3.45. The first-order chi connectivity index (χ1) is 6.83. The lowest BCUT2D eigenvalue weighted by molar-refractivity contribution is -0.671. The van der Waals surface area contributed by atoms with Crippen LogP contribution in [-0.4, -0.2) is 18.3 Å². The van der Waals surface area contributed by atoms with Gasteiger partial charge in [-0.15, -0.1) is 0 Å². The molecule has 1 aromatic carbocycles. The largest absolute Gasteiger partial charge is 0.396 e. The number of nitrogens with two attached hydrogens (primary N) is 1. The van der Waals surface area contributed by atoms with Gasteiger partial charge in [0, 0.05) is 16.6 Å². The molecule has 78 valence electrons. The zero-order valence-electron chi connectivity index (χ0n) is 8.25. The van der Waals surface area contributed by atoms with Crippen molar-refractivity contribution in [3.8, 4) is 0 Å². The number of hydrogen-bond donors (Lipinski definition) is 2. The number of quaternary nitrogens is 1. The molecule has 0 saturated carbocycles. The summed E-state index contributed by atoms with van der Waals surface area (Å²) in [4.78, 5) is 0. The highest BCUT2D eigenvalue weighted by molar-refractivity contribution is 9.10. The summed E-state index contributed by atoms with van der Waals surface area (Å²) in [7, 11) is 0. The molecule has 0 amide bonds. The Hall–Kier alpha value is -0.380. The van der Waals surface area contributed by atoms with Crippen LogP contribution >= 0.6 is 15.9 Å². The Kier molecular flexibility index (Phi) is 5.83. The molecule has 0 spiro atoms. The van der Waals surface area contributed by atoms with Gasteiger partial charge < -0.3 is 10.4 Å². The third-order valence-electron chi connectivity index (χ3n) is 2.09. The van der Waals surface area contributed by atoms with Gasteiger partial charge in [-0.1, -0.05) is 28.1 Å². The summed E-state index contributed by atoms with van der Waals surface area (Å²) in [6, 6.07) is 8.37. The summed E-state index contributed by atoms with van der Waals surface area (Å²) in [6.07, 6.45) is 2.00. The molecule has 2 nitrogen and oxygen atoms in total. The molecule has 0 aliphatic carbocycles. The second-order valence-corrected chi connectivity index (χ2v) is 4.26. The van der Waals surface area contributed by atoms with Crippen molar-refractivity contribution in [3.05, 3.63) is 34.3 Å². The lowest BCUT2D eigenvalue weighted by atomic mass is 10.2. The number of benzene rings is 1. The molecule has 1 rings (SSSR count). The van der Waals surface area contributed by atoms with Crippen molar-refractivity contribution < 1.29 is 10.4 Å². The van der Waals surface area contributed by atoms with Crippen molar-refractivity contribution >= 4 is 15.9 Å². The molecule has 14 heavy (non-hydrogen) atoms. The lowest BCUT2D eigenvalue weighted by Gasteiger charge is -2.01.